The highest BCUT2D eigenvalue weighted by atomic mass is 32.2. The molecule has 0 spiro atoms. The van der Waals surface area contributed by atoms with E-state index >= 15 is 0 Å². The minimum atomic E-state index is -4.63. The van der Waals surface area contributed by atoms with Gasteiger partial charge in [0.2, 0.25) is 0 Å². The van der Waals surface area contributed by atoms with Crippen molar-refractivity contribution in [1.29, 1.82) is 0 Å². The Balaban J connectivity index is 1.77. The van der Waals surface area contributed by atoms with Gasteiger partial charge in [0.05, 0.1) is 0 Å². The van der Waals surface area contributed by atoms with Crippen molar-refractivity contribution in [2.75, 3.05) is 5.32 Å². The van der Waals surface area contributed by atoms with Crippen LogP contribution in [0.2, 0.25) is 0 Å². The Morgan fingerprint density at radius 3 is 2.69 bits per heavy atom. The smallest absolute Gasteiger partial charge is 0.312 e. The Bertz CT molecular complexity index is 1040. The molecule has 1 N–H and O–H groups in total. The lowest BCUT2D eigenvalue weighted by atomic mass is 10.2. The third-order valence-corrected chi connectivity index (χ3v) is 5.15. The van der Waals surface area contributed by atoms with E-state index in [0.717, 1.165) is 16.8 Å². The Labute approximate surface area is 168 Å². The van der Waals surface area contributed by atoms with Gasteiger partial charge < -0.3 is 9.88 Å². The highest BCUT2D eigenvalue weighted by molar-refractivity contribution is 7.99. The molecule has 29 heavy (non-hydrogen) atoms. The van der Waals surface area contributed by atoms with E-state index in [-0.39, 0.29) is 22.3 Å². The van der Waals surface area contributed by atoms with Gasteiger partial charge in [-0.3, -0.25) is 4.79 Å². The molecular weight excluding hydrogens is 405 g/mol. The van der Waals surface area contributed by atoms with Crippen molar-refractivity contribution >= 4 is 23.5 Å². The van der Waals surface area contributed by atoms with Crippen LogP contribution >= 0.6 is 11.8 Å². The minimum Gasteiger partial charge on any atom is -0.312 e. The van der Waals surface area contributed by atoms with E-state index in [2.05, 4.69) is 25.5 Å². The summed E-state index contributed by atoms with van der Waals surface area (Å²) in [5, 5.41) is 11.1. The molecule has 0 saturated heterocycles. The molecule has 0 aliphatic rings. The number of carbonyl (C=O) groups excluding carboxylic acids is 1. The van der Waals surface area contributed by atoms with Crippen LogP contribution in [0.15, 0.2) is 41.9 Å². The fraction of sp³-hybridized carbons (Fsp3) is 0.278. The molecule has 0 fully saturated rings. The summed E-state index contributed by atoms with van der Waals surface area (Å²) in [6.07, 6.45) is -1.52. The van der Waals surface area contributed by atoms with Gasteiger partial charge in [0.1, 0.15) is 23.5 Å². The highest BCUT2D eigenvalue weighted by Gasteiger charge is 2.33. The Hall–Kier alpha value is -2.95. The van der Waals surface area contributed by atoms with Crippen LogP contribution < -0.4 is 5.32 Å². The van der Waals surface area contributed by atoms with Gasteiger partial charge in [-0.1, -0.05) is 11.8 Å². The van der Waals surface area contributed by atoms with Crippen molar-refractivity contribution in [1.82, 2.24) is 24.7 Å². The number of nitrogens with zero attached hydrogens (tertiary/aromatic N) is 5. The van der Waals surface area contributed by atoms with E-state index in [1.807, 2.05) is 14.0 Å². The summed E-state index contributed by atoms with van der Waals surface area (Å²) in [5.74, 6) is -0.549. The number of halogens is 3. The molecule has 7 nitrogen and oxygen atoms in total. The van der Waals surface area contributed by atoms with Crippen molar-refractivity contribution in [2.24, 2.45) is 7.05 Å². The lowest BCUT2D eigenvalue weighted by Gasteiger charge is -2.13. The molecule has 0 radical (unpaired) electrons. The second-order valence-electron chi connectivity index (χ2n) is 6.33. The molecular formula is C18H17F3N6OS. The summed E-state index contributed by atoms with van der Waals surface area (Å²) in [6, 6.07) is 5.63. The summed E-state index contributed by atoms with van der Waals surface area (Å²) in [4.78, 5) is 19.9. The molecule has 3 rings (SSSR count). The van der Waals surface area contributed by atoms with E-state index < -0.39 is 17.8 Å². The first-order chi connectivity index (χ1) is 13.6. The molecule has 1 atom stereocenters. The van der Waals surface area contributed by atoms with E-state index in [0.29, 0.717) is 0 Å². The molecule has 0 saturated carbocycles. The number of nitrogens with one attached hydrogen (secondary N) is 1. The second kappa shape index (κ2) is 8.19. The van der Waals surface area contributed by atoms with E-state index in [1.54, 1.807) is 23.0 Å². The van der Waals surface area contributed by atoms with Crippen LogP contribution in [0, 0.1) is 6.92 Å². The van der Waals surface area contributed by atoms with Crippen molar-refractivity contribution in [2.45, 2.75) is 30.4 Å². The van der Waals surface area contributed by atoms with Gasteiger partial charge in [-0.25, -0.2) is 9.97 Å². The predicted octanol–water partition coefficient (Wildman–Crippen LogP) is 4.04. The number of anilines is 1. The number of thioether (sulfide) groups is 1. The lowest BCUT2D eigenvalue weighted by molar-refractivity contribution is -0.141. The van der Waals surface area contributed by atoms with Crippen LogP contribution in [0.3, 0.4) is 0 Å². The molecule has 3 heterocycles. The van der Waals surface area contributed by atoms with Crippen molar-refractivity contribution in [3.63, 3.8) is 0 Å². The summed E-state index contributed by atoms with van der Waals surface area (Å²) in [7, 11) is 1.83. The highest BCUT2D eigenvalue weighted by Crippen LogP contribution is 2.33. The maximum Gasteiger partial charge on any atom is 0.433 e. The Morgan fingerprint density at radius 2 is 2.03 bits per heavy atom. The molecule has 0 aliphatic heterocycles. The molecule has 0 aromatic carbocycles. The average Bonchev–Trinajstić information content (AvgIpc) is 3.05. The molecule has 0 unspecified atom stereocenters. The van der Waals surface area contributed by atoms with Crippen molar-refractivity contribution < 1.29 is 18.0 Å². The maximum atomic E-state index is 12.9. The van der Waals surface area contributed by atoms with Crippen molar-refractivity contribution in [3.05, 3.63) is 59.3 Å². The van der Waals surface area contributed by atoms with Crippen LogP contribution in [0.5, 0.6) is 0 Å². The van der Waals surface area contributed by atoms with Gasteiger partial charge in [-0.2, -0.15) is 13.2 Å². The van der Waals surface area contributed by atoms with E-state index in [4.69, 9.17) is 0 Å². The quantitative estimate of drug-likeness (QED) is 0.625. The molecule has 0 aliphatic carbocycles. The fourth-order valence-electron chi connectivity index (χ4n) is 2.48. The average molecular weight is 422 g/mol. The summed E-state index contributed by atoms with van der Waals surface area (Å²) >= 11 is 1.47. The first kappa shape index (κ1) is 20.8. The number of amides is 1. The van der Waals surface area contributed by atoms with Crippen molar-refractivity contribution in [3.8, 4) is 0 Å². The van der Waals surface area contributed by atoms with Gasteiger partial charge in [-0.15, -0.1) is 10.2 Å². The number of rotatable bonds is 5. The zero-order valence-corrected chi connectivity index (χ0v) is 16.5. The van der Waals surface area contributed by atoms with Gasteiger partial charge in [0, 0.05) is 18.5 Å². The van der Waals surface area contributed by atoms with Gasteiger partial charge >= 0.3 is 6.18 Å². The SMILES string of the molecule is Cc1cc(C(=O)Nc2cc([C@H](C)Sc3nncn3C)ccn2)nc(C(F)(F)F)c1. The monoisotopic (exact) mass is 422 g/mol. The molecule has 1 amide bonds. The standard InChI is InChI=1S/C18H17F3N6OS/c1-10-6-13(24-14(7-10)18(19,20)21)16(28)25-15-8-12(4-5-22-15)11(2)29-17-26-23-9-27(17)3/h4-9,11H,1-3H3,(H,22,25,28)/t11-/m0/s1. The summed E-state index contributed by atoms with van der Waals surface area (Å²) in [6.45, 7) is 3.43. The van der Waals surface area contributed by atoms with Crippen LogP contribution in [-0.4, -0.2) is 30.6 Å². The minimum absolute atomic E-state index is 0.0227. The largest absolute Gasteiger partial charge is 0.433 e. The maximum absolute atomic E-state index is 12.9. The van der Waals surface area contributed by atoms with E-state index in [9.17, 15) is 18.0 Å². The normalized spacial score (nSPS) is 12.6. The Morgan fingerprint density at radius 1 is 1.28 bits per heavy atom. The molecule has 0 bridgehead atoms. The Kier molecular flexibility index (Phi) is 5.87. The molecule has 11 heteroatoms. The van der Waals surface area contributed by atoms with Gasteiger partial charge in [0.15, 0.2) is 5.16 Å². The second-order valence-corrected chi connectivity index (χ2v) is 7.63. The van der Waals surface area contributed by atoms with Crippen LogP contribution in [0.1, 0.15) is 39.5 Å². The third-order valence-electron chi connectivity index (χ3n) is 3.94. The number of carbonyl (C=O) groups is 1. The molecule has 3 aromatic rings. The summed E-state index contributed by atoms with van der Waals surface area (Å²) < 4.78 is 40.6. The number of hydrogen-bond donors (Lipinski definition) is 1. The number of pyridine rings is 2. The van der Waals surface area contributed by atoms with Gasteiger partial charge in [-0.05, 0) is 49.2 Å². The fourth-order valence-corrected chi connectivity index (χ4v) is 3.39. The third kappa shape index (κ3) is 5.11. The molecule has 152 valence electrons. The molecule has 3 aromatic heterocycles. The van der Waals surface area contributed by atoms with Gasteiger partial charge in [0.25, 0.3) is 5.91 Å². The van der Waals surface area contributed by atoms with Crippen LogP contribution in [0.25, 0.3) is 0 Å². The topological polar surface area (TPSA) is 85.6 Å². The number of hydrogen-bond acceptors (Lipinski definition) is 6. The first-order valence-corrected chi connectivity index (χ1v) is 9.35. The van der Waals surface area contributed by atoms with Crippen LogP contribution in [0.4, 0.5) is 19.0 Å². The van der Waals surface area contributed by atoms with Crippen LogP contribution in [-0.2, 0) is 13.2 Å². The zero-order chi connectivity index (χ0) is 21.2. The van der Waals surface area contributed by atoms with E-state index in [1.165, 1.54) is 30.9 Å². The predicted molar refractivity (Wildman–Crippen MR) is 101 cm³/mol. The number of alkyl halides is 3. The number of aryl methyl sites for hydroxylation is 2. The zero-order valence-electron chi connectivity index (χ0n) is 15.7. The lowest BCUT2D eigenvalue weighted by Crippen LogP contribution is -2.18. The summed E-state index contributed by atoms with van der Waals surface area (Å²) in [5.41, 5.74) is -0.298. The first-order valence-electron chi connectivity index (χ1n) is 8.47. The number of aromatic nitrogens is 5.